The number of piperidine rings is 1. The molecular formula is C30H32N6O6S2. The smallest absolute Gasteiger partial charge is 0.411 e. The molecule has 5 heterocycles. The molecule has 0 spiro atoms. The molecule has 1 unspecified atom stereocenters. The molecule has 12 nitrogen and oxygen atoms in total. The molecule has 2 aromatic heterocycles. The van der Waals surface area contributed by atoms with Crippen LogP contribution in [0.5, 0.6) is 5.88 Å². The Morgan fingerprint density at radius 2 is 1.82 bits per heavy atom. The highest BCUT2D eigenvalue weighted by molar-refractivity contribution is 7.95. The summed E-state index contributed by atoms with van der Waals surface area (Å²) < 4.78 is 40.2. The zero-order valence-corrected chi connectivity index (χ0v) is 26.0. The quantitative estimate of drug-likeness (QED) is 0.397. The first-order valence-electron chi connectivity index (χ1n) is 14.3. The van der Waals surface area contributed by atoms with Gasteiger partial charge in [0.2, 0.25) is 5.88 Å². The molecule has 0 N–H and O–H groups in total. The number of likely N-dealkylation sites (tertiary alicyclic amines) is 1. The fourth-order valence-electron chi connectivity index (χ4n) is 6.23. The van der Waals surface area contributed by atoms with Gasteiger partial charge in [0.1, 0.15) is 4.21 Å². The number of pyridine rings is 1. The van der Waals surface area contributed by atoms with E-state index in [-0.39, 0.29) is 32.5 Å². The van der Waals surface area contributed by atoms with Gasteiger partial charge in [0, 0.05) is 44.0 Å². The number of carbonyl (C=O) groups excluding carboxylic acids is 2. The zero-order valence-electron chi connectivity index (χ0n) is 24.4. The van der Waals surface area contributed by atoms with Crippen molar-refractivity contribution >= 4 is 39.0 Å². The Morgan fingerprint density at radius 1 is 1.07 bits per heavy atom. The topological polar surface area (TPSA) is 136 Å². The summed E-state index contributed by atoms with van der Waals surface area (Å²) in [6.45, 7) is 4.10. The minimum Gasteiger partial charge on any atom is -0.481 e. The number of thiophene rings is 1. The van der Waals surface area contributed by atoms with Crippen LogP contribution in [-0.4, -0.2) is 99.6 Å². The third kappa shape index (κ3) is 4.99. The van der Waals surface area contributed by atoms with Gasteiger partial charge in [0.25, 0.3) is 21.5 Å². The summed E-state index contributed by atoms with van der Waals surface area (Å²) in [6.07, 6.45) is 2.79. The minimum absolute atomic E-state index is 0.0202. The van der Waals surface area contributed by atoms with Crippen molar-refractivity contribution < 1.29 is 27.5 Å². The first-order chi connectivity index (χ1) is 21.2. The van der Waals surface area contributed by atoms with Crippen molar-refractivity contribution in [1.82, 2.24) is 19.7 Å². The molecule has 44 heavy (non-hydrogen) atoms. The van der Waals surface area contributed by atoms with Crippen LogP contribution in [0.2, 0.25) is 0 Å². The van der Waals surface area contributed by atoms with Crippen LogP contribution in [0.1, 0.15) is 29.5 Å². The third-order valence-electron chi connectivity index (χ3n) is 8.56. The molecule has 230 valence electrons. The summed E-state index contributed by atoms with van der Waals surface area (Å²) in [5, 5.41) is 11.4. The number of anilines is 1. The Morgan fingerprint density at radius 3 is 2.48 bits per heavy atom. The molecule has 3 aliphatic heterocycles. The average molecular weight is 637 g/mol. The molecule has 0 radical (unpaired) electrons. The van der Waals surface area contributed by atoms with Crippen LogP contribution in [0.15, 0.2) is 58.3 Å². The molecule has 0 saturated carbocycles. The second-order valence-electron chi connectivity index (χ2n) is 11.0. The van der Waals surface area contributed by atoms with E-state index >= 15 is 0 Å². The van der Waals surface area contributed by atoms with E-state index in [1.807, 2.05) is 6.07 Å². The number of carbonyl (C=O) groups is 2. The summed E-state index contributed by atoms with van der Waals surface area (Å²) in [5.41, 5.74) is -2.08. The van der Waals surface area contributed by atoms with Gasteiger partial charge >= 0.3 is 6.09 Å². The van der Waals surface area contributed by atoms with Crippen LogP contribution >= 0.6 is 11.3 Å². The van der Waals surface area contributed by atoms with Crippen LogP contribution < -0.4 is 9.04 Å². The summed E-state index contributed by atoms with van der Waals surface area (Å²) in [7, 11) is -0.943. The second-order valence-corrected chi connectivity index (χ2v) is 14.0. The number of hydrogen-bond donors (Lipinski definition) is 0. The van der Waals surface area contributed by atoms with Crippen LogP contribution in [0.25, 0.3) is 0 Å². The van der Waals surface area contributed by atoms with Crippen LogP contribution in [-0.2, 0) is 25.2 Å². The number of nitrogens with zero attached hydrogens (tertiary/aromatic N) is 6. The number of fused-ring (bicyclic) bond motifs is 1. The Bertz CT molecular complexity index is 1710. The standard InChI is InChI=1S/C30H32N6O6S2/c1-33-12-9-22(10-13-33)34-14-16-35(17-15-34)29(38)42-30(23-5-3-11-32-27(23)41-2)24-19-21(20-31)7-8-25(24)36(28(30)37)44(39,40)26-6-4-18-43-26/h3-8,11,18-19,22H,9-10,12-17H2,1-2H3. The van der Waals surface area contributed by atoms with Crippen molar-refractivity contribution in [2.24, 2.45) is 0 Å². The van der Waals surface area contributed by atoms with Gasteiger partial charge in [-0.2, -0.15) is 18.0 Å². The zero-order chi connectivity index (χ0) is 31.1. The number of benzene rings is 1. The van der Waals surface area contributed by atoms with Crippen molar-refractivity contribution in [1.29, 1.82) is 5.26 Å². The van der Waals surface area contributed by atoms with E-state index in [4.69, 9.17) is 9.47 Å². The van der Waals surface area contributed by atoms with E-state index in [1.165, 1.54) is 48.5 Å². The number of nitriles is 1. The van der Waals surface area contributed by atoms with Gasteiger partial charge in [-0.25, -0.2) is 9.78 Å². The van der Waals surface area contributed by atoms with Crippen LogP contribution in [0.4, 0.5) is 10.5 Å². The Hall–Kier alpha value is -4.03. The Labute approximate surface area is 260 Å². The highest BCUT2D eigenvalue weighted by atomic mass is 32.2. The second kappa shape index (κ2) is 11.8. The van der Waals surface area contributed by atoms with E-state index in [0.717, 1.165) is 37.3 Å². The molecule has 6 rings (SSSR count). The molecule has 14 heteroatoms. The normalized spacial score (nSPS) is 21.6. The molecule has 2 amide bonds. The van der Waals surface area contributed by atoms with E-state index < -0.39 is 27.6 Å². The summed E-state index contributed by atoms with van der Waals surface area (Å²) in [4.78, 5) is 39.1. The largest absolute Gasteiger partial charge is 0.481 e. The maximum absolute atomic E-state index is 14.7. The molecule has 0 bridgehead atoms. The van der Waals surface area contributed by atoms with Gasteiger partial charge in [-0.15, -0.1) is 11.3 Å². The lowest BCUT2D eigenvalue weighted by Crippen LogP contribution is -2.55. The van der Waals surface area contributed by atoms with Crippen molar-refractivity contribution in [3.05, 3.63) is 70.7 Å². The van der Waals surface area contributed by atoms with E-state index in [1.54, 1.807) is 17.5 Å². The van der Waals surface area contributed by atoms with Gasteiger partial charge < -0.3 is 19.3 Å². The fraction of sp³-hybridized carbons (Fsp3) is 0.400. The number of piperazine rings is 1. The summed E-state index contributed by atoms with van der Waals surface area (Å²) >= 11 is 0.959. The Balaban J connectivity index is 1.41. The van der Waals surface area contributed by atoms with E-state index in [2.05, 4.69) is 21.8 Å². The van der Waals surface area contributed by atoms with Crippen molar-refractivity contribution in [2.45, 2.75) is 28.7 Å². The summed E-state index contributed by atoms with van der Waals surface area (Å²) in [6, 6.07) is 12.7. The number of ether oxygens (including phenoxy) is 2. The third-order valence-corrected chi connectivity index (χ3v) is 11.6. The van der Waals surface area contributed by atoms with Gasteiger partial charge in [-0.1, -0.05) is 6.07 Å². The lowest BCUT2D eigenvalue weighted by molar-refractivity contribution is -0.132. The lowest BCUT2D eigenvalue weighted by Gasteiger charge is -2.42. The van der Waals surface area contributed by atoms with Gasteiger partial charge in [-0.05, 0) is 74.8 Å². The number of amides is 2. The SMILES string of the molecule is COc1ncccc1C1(OC(=O)N2CCN(C3CCN(C)CC3)CC2)C(=O)N(S(=O)(=O)c2cccs2)c2ccc(C#N)cc21. The highest BCUT2D eigenvalue weighted by Crippen LogP contribution is 2.51. The highest BCUT2D eigenvalue weighted by Gasteiger charge is 2.61. The Kier molecular flexibility index (Phi) is 8.06. The lowest BCUT2D eigenvalue weighted by atomic mass is 9.87. The van der Waals surface area contributed by atoms with Crippen LogP contribution in [0.3, 0.4) is 0 Å². The van der Waals surface area contributed by atoms with Gasteiger partial charge in [0.05, 0.1) is 30.0 Å². The first-order valence-corrected chi connectivity index (χ1v) is 16.6. The number of rotatable bonds is 6. The van der Waals surface area contributed by atoms with Gasteiger partial charge in [0.15, 0.2) is 0 Å². The minimum atomic E-state index is -4.42. The predicted molar refractivity (Wildman–Crippen MR) is 162 cm³/mol. The molecule has 2 fully saturated rings. The molecule has 3 aromatic rings. The number of hydrogen-bond acceptors (Lipinski definition) is 11. The molecule has 2 saturated heterocycles. The number of aromatic nitrogens is 1. The van der Waals surface area contributed by atoms with Crippen molar-refractivity contribution in [3.8, 4) is 11.9 Å². The van der Waals surface area contributed by atoms with Crippen molar-refractivity contribution in [2.75, 3.05) is 57.7 Å². The molecule has 1 aromatic carbocycles. The number of sulfonamides is 1. The maximum atomic E-state index is 14.7. The predicted octanol–water partition coefficient (Wildman–Crippen LogP) is 2.85. The fourth-order valence-corrected chi connectivity index (χ4v) is 8.75. The molecule has 0 aliphatic carbocycles. The average Bonchev–Trinajstić information content (AvgIpc) is 3.68. The number of methoxy groups -OCH3 is 1. The monoisotopic (exact) mass is 636 g/mol. The molecule has 3 aliphatic rings. The first kappa shape index (κ1) is 30.0. The molecular weight excluding hydrogens is 604 g/mol. The maximum Gasteiger partial charge on any atom is 0.411 e. The summed E-state index contributed by atoms with van der Waals surface area (Å²) in [5.74, 6) is -1.05. The van der Waals surface area contributed by atoms with Crippen molar-refractivity contribution in [3.63, 3.8) is 0 Å². The van der Waals surface area contributed by atoms with E-state index in [0.29, 0.717) is 36.5 Å². The van der Waals surface area contributed by atoms with Gasteiger partial charge in [-0.3, -0.25) is 9.69 Å². The molecule has 1 atom stereocenters. The van der Waals surface area contributed by atoms with Crippen LogP contribution in [0, 0.1) is 11.3 Å². The van der Waals surface area contributed by atoms with E-state index in [9.17, 15) is 23.3 Å².